The summed E-state index contributed by atoms with van der Waals surface area (Å²) in [5, 5.41) is 0. The molecule has 2 aliphatic rings. The number of carbonyl (C=O) groups is 1. The van der Waals surface area contributed by atoms with Crippen molar-refractivity contribution in [1.82, 2.24) is 9.62 Å². The van der Waals surface area contributed by atoms with Crippen LogP contribution in [0.1, 0.15) is 38.5 Å². The lowest BCUT2D eigenvalue weighted by Crippen LogP contribution is -2.45. The van der Waals surface area contributed by atoms with Crippen molar-refractivity contribution in [3.05, 3.63) is 0 Å². The molecule has 1 heterocycles. The van der Waals surface area contributed by atoms with E-state index in [0.29, 0.717) is 19.0 Å². The van der Waals surface area contributed by atoms with E-state index in [9.17, 15) is 13.2 Å². The third kappa shape index (κ3) is 4.45. The van der Waals surface area contributed by atoms with Gasteiger partial charge in [0.05, 0.1) is 6.26 Å². The average Bonchev–Trinajstić information content (AvgIpc) is 2.89. The number of nitrogens with zero attached hydrogens (tertiary/aromatic N) is 1. The van der Waals surface area contributed by atoms with E-state index in [0.717, 1.165) is 32.2 Å². The van der Waals surface area contributed by atoms with Crippen molar-refractivity contribution in [3.63, 3.8) is 0 Å². The van der Waals surface area contributed by atoms with Gasteiger partial charge in [-0.15, -0.1) is 0 Å². The van der Waals surface area contributed by atoms with Crippen molar-refractivity contribution in [2.75, 3.05) is 25.9 Å². The zero-order chi connectivity index (χ0) is 13.9. The van der Waals surface area contributed by atoms with E-state index in [1.54, 1.807) is 0 Å². The predicted molar refractivity (Wildman–Crippen MR) is 74.1 cm³/mol. The fraction of sp³-hybridized carbons (Fsp3) is 0.923. The lowest BCUT2D eigenvalue weighted by Gasteiger charge is -2.34. The minimum atomic E-state index is -3.13. The van der Waals surface area contributed by atoms with Crippen LogP contribution in [0.15, 0.2) is 0 Å². The smallest absolute Gasteiger partial charge is 0.225 e. The number of piperidine rings is 1. The molecular weight excluding hydrogens is 264 g/mol. The standard InChI is InChI=1S/C13H24N2O3S/c1-19(17,18)14-9-11-5-4-8-15(10-11)13(16)12-6-2-3-7-12/h11-12,14H,2-10H2,1H3. The molecule has 1 aliphatic heterocycles. The molecule has 2 fully saturated rings. The normalized spacial score (nSPS) is 25.7. The highest BCUT2D eigenvalue weighted by atomic mass is 32.2. The van der Waals surface area contributed by atoms with Crippen LogP contribution in [-0.2, 0) is 14.8 Å². The first-order valence-corrected chi connectivity index (χ1v) is 9.08. The summed E-state index contributed by atoms with van der Waals surface area (Å²) in [5.74, 6) is 0.775. The van der Waals surface area contributed by atoms with Crippen molar-refractivity contribution in [3.8, 4) is 0 Å². The number of hydrogen-bond acceptors (Lipinski definition) is 3. The first-order chi connectivity index (χ1) is 8.96. The van der Waals surface area contributed by atoms with Gasteiger partial charge in [0.1, 0.15) is 0 Å². The molecule has 1 atom stereocenters. The van der Waals surface area contributed by atoms with Crippen molar-refractivity contribution in [2.24, 2.45) is 11.8 Å². The quantitative estimate of drug-likeness (QED) is 0.838. The molecule has 19 heavy (non-hydrogen) atoms. The van der Waals surface area contributed by atoms with Gasteiger partial charge in [-0.25, -0.2) is 13.1 Å². The molecule has 1 aliphatic carbocycles. The molecule has 6 heteroatoms. The molecule has 2 rings (SSSR count). The average molecular weight is 288 g/mol. The number of hydrogen-bond donors (Lipinski definition) is 1. The molecule has 0 bridgehead atoms. The molecule has 0 aromatic carbocycles. The zero-order valence-electron chi connectivity index (χ0n) is 11.6. The number of amides is 1. The molecule has 1 N–H and O–H groups in total. The molecule has 110 valence electrons. The van der Waals surface area contributed by atoms with Crippen LogP contribution in [0.2, 0.25) is 0 Å². The third-order valence-corrected chi connectivity index (χ3v) is 4.86. The van der Waals surface area contributed by atoms with E-state index in [4.69, 9.17) is 0 Å². The maximum absolute atomic E-state index is 12.3. The van der Waals surface area contributed by atoms with E-state index < -0.39 is 10.0 Å². The molecule has 0 aromatic rings. The van der Waals surface area contributed by atoms with Crippen molar-refractivity contribution < 1.29 is 13.2 Å². The Labute approximate surface area is 115 Å². The minimum absolute atomic E-state index is 0.224. The van der Waals surface area contributed by atoms with Gasteiger partial charge in [-0.1, -0.05) is 12.8 Å². The second kappa shape index (κ2) is 6.22. The number of sulfonamides is 1. The van der Waals surface area contributed by atoms with Crippen molar-refractivity contribution >= 4 is 15.9 Å². The molecule has 0 spiro atoms. The van der Waals surface area contributed by atoms with Gasteiger partial charge in [-0.2, -0.15) is 0 Å². The van der Waals surface area contributed by atoms with Gasteiger partial charge >= 0.3 is 0 Å². The molecule has 5 nitrogen and oxygen atoms in total. The Morgan fingerprint density at radius 2 is 1.89 bits per heavy atom. The molecular formula is C13H24N2O3S. The Bertz CT molecular complexity index is 416. The van der Waals surface area contributed by atoms with Gasteiger partial charge in [0, 0.05) is 25.6 Å². The summed E-state index contributed by atoms with van der Waals surface area (Å²) in [7, 11) is -3.13. The number of nitrogens with one attached hydrogen (secondary N) is 1. The highest BCUT2D eigenvalue weighted by molar-refractivity contribution is 7.88. The van der Waals surface area contributed by atoms with Crippen LogP contribution >= 0.6 is 0 Å². The summed E-state index contributed by atoms with van der Waals surface area (Å²) in [6, 6.07) is 0. The van der Waals surface area contributed by atoms with Crippen LogP contribution in [0.5, 0.6) is 0 Å². The second-order valence-electron chi connectivity index (χ2n) is 5.89. The van der Waals surface area contributed by atoms with E-state index in [-0.39, 0.29) is 11.8 Å². The molecule has 1 saturated carbocycles. The molecule has 1 unspecified atom stereocenters. The van der Waals surface area contributed by atoms with Gasteiger partial charge in [-0.3, -0.25) is 4.79 Å². The van der Waals surface area contributed by atoms with Crippen molar-refractivity contribution in [1.29, 1.82) is 0 Å². The number of carbonyl (C=O) groups excluding carboxylic acids is 1. The summed E-state index contributed by atoms with van der Waals surface area (Å²) in [4.78, 5) is 14.3. The van der Waals surface area contributed by atoms with Crippen LogP contribution in [0.3, 0.4) is 0 Å². The van der Waals surface area contributed by atoms with Crippen LogP contribution in [0.4, 0.5) is 0 Å². The molecule has 1 saturated heterocycles. The first-order valence-electron chi connectivity index (χ1n) is 7.19. The highest BCUT2D eigenvalue weighted by Crippen LogP contribution is 2.28. The Balaban J connectivity index is 1.84. The summed E-state index contributed by atoms with van der Waals surface area (Å²) < 4.78 is 24.8. The first kappa shape index (κ1) is 14.8. The molecule has 0 radical (unpaired) electrons. The van der Waals surface area contributed by atoms with Crippen LogP contribution in [-0.4, -0.2) is 45.1 Å². The lowest BCUT2D eigenvalue weighted by atomic mass is 9.96. The van der Waals surface area contributed by atoms with E-state index in [1.165, 1.54) is 19.1 Å². The second-order valence-corrected chi connectivity index (χ2v) is 7.73. The Kier molecular flexibility index (Phi) is 4.84. The van der Waals surface area contributed by atoms with E-state index in [1.807, 2.05) is 4.90 Å². The maximum Gasteiger partial charge on any atom is 0.225 e. The van der Waals surface area contributed by atoms with E-state index >= 15 is 0 Å². The largest absolute Gasteiger partial charge is 0.342 e. The van der Waals surface area contributed by atoms with Gasteiger partial charge in [-0.05, 0) is 31.6 Å². The van der Waals surface area contributed by atoms with Crippen LogP contribution in [0.25, 0.3) is 0 Å². The monoisotopic (exact) mass is 288 g/mol. The van der Waals surface area contributed by atoms with Crippen LogP contribution < -0.4 is 4.72 Å². The Morgan fingerprint density at radius 1 is 1.21 bits per heavy atom. The predicted octanol–water partition coefficient (Wildman–Crippen LogP) is 0.964. The topological polar surface area (TPSA) is 66.5 Å². The number of rotatable bonds is 4. The van der Waals surface area contributed by atoms with Crippen molar-refractivity contribution in [2.45, 2.75) is 38.5 Å². The SMILES string of the molecule is CS(=O)(=O)NCC1CCCN(C(=O)C2CCCC2)C1. The summed E-state index contributed by atoms with van der Waals surface area (Å²) in [6.07, 6.45) is 7.55. The summed E-state index contributed by atoms with van der Waals surface area (Å²) in [5.41, 5.74) is 0. The molecule has 0 aromatic heterocycles. The maximum atomic E-state index is 12.3. The third-order valence-electron chi connectivity index (χ3n) is 4.17. The van der Waals surface area contributed by atoms with E-state index in [2.05, 4.69) is 4.72 Å². The van der Waals surface area contributed by atoms with Gasteiger partial charge in [0.25, 0.3) is 0 Å². The van der Waals surface area contributed by atoms with Gasteiger partial charge < -0.3 is 4.90 Å². The highest BCUT2D eigenvalue weighted by Gasteiger charge is 2.30. The summed E-state index contributed by atoms with van der Waals surface area (Å²) in [6.45, 7) is 2.00. The fourth-order valence-electron chi connectivity index (χ4n) is 3.13. The zero-order valence-corrected chi connectivity index (χ0v) is 12.4. The Morgan fingerprint density at radius 3 is 2.53 bits per heavy atom. The lowest BCUT2D eigenvalue weighted by molar-refractivity contribution is -0.137. The van der Waals surface area contributed by atoms with Crippen LogP contribution in [0, 0.1) is 11.8 Å². The Hall–Kier alpha value is -0.620. The molecule has 1 amide bonds. The summed E-state index contributed by atoms with van der Waals surface area (Å²) >= 11 is 0. The minimum Gasteiger partial charge on any atom is -0.342 e. The fourth-order valence-corrected chi connectivity index (χ4v) is 3.67. The van der Waals surface area contributed by atoms with Gasteiger partial charge in [0.15, 0.2) is 0 Å². The number of likely N-dealkylation sites (tertiary alicyclic amines) is 1. The van der Waals surface area contributed by atoms with Gasteiger partial charge in [0.2, 0.25) is 15.9 Å².